The summed E-state index contributed by atoms with van der Waals surface area (Å²) in [4.78, 5) is 16.1. The standard InChI is InChI=1S/C17H22N4OS/c1-23-16-6-5-14(10-16)20-17(22)19-11-13-3-2-4-15(9-13)21-8-7-18-12-21/h2-4,7-9,12,14,16H,5-6,10-11H2,1H3,(H2,19,20,22). The molecule has 2 amide bonds. The van der Waals surface area contributed by atoms with Crippen molar-refractivity contribution in [2.75, 3.05) is 6.26 Å². The Labute approximate surface area is 140 Å². The van der Waals surface area contributed by atoms with Gasteiger partial charge in [-0.2, -0.15) is 11.8 Å². The van der Waals surface area contributed by atoms with Gasteiger partial charge >= 0.3 is 6.03 Å². The van der Waals surface area contributed by atoms with E-state index in [1.54, 1.807) is 12.5 Å². The molecule has 1 aliphatic carbocycles. The molecule has 3 rings (SSSR count). The van der Waals surface area contributed by atoms with E-state index in [0.29, 0.717) is 17.8 Å². The number of hydrogen-bond acceptors (Lipinski definition) is 3. The number of hydrogen-bond donors (Lipinski definition) is 2. The predicted molar refractivity (Wildman–Crippen MR) is 93.9 cm³/mol. The number of rotatable bonds is 5. The Bertz CT molecular complexity index is 644. The van der Waals surface area contributed by atoms with E-state index in [1.807, 2.05) is 40.7 Å². The molecule has 2 N–H and O–H groups in total. The molecule has 0 radical (unpaired) electrons. The highest BCUT2D eigenvalue weighted by atomic mass is 32.2. The van der Waals surface area contributed by atoms with Crippen molar-refractivity contribution in [2.45, 2.75) is 37.1 Å². The van der Waals surface area contributed by atoms with E-state index < -0.39 is 0 Å². The number of amides is 2. The van der Waals surface area contributed by atoms with Crippen LogP contribution in [0.5, 0.6) is 0 Å². The number of imidazole rings is 1. The minimum Gasteiger partial charge on any atom is -0.335 e. The second kappa shape index (κ2) is 7.55. The van der Waals surface area contributed by atoms with E-state index in [9.17, 15) is 4.79 Å². The largest absolute Gasteiger partial charge is 0.335 e. The SMILES string of the molecule is CSC1CCC(NC(=O)NCc2cccc(-n3ccnc3)c2)C1. The highest BCUT2D eigenvalue weighted by molar-refractivity contribution is 7.99. The number of thioether (sulfide) groups is 1. The van der Waals surface area contributed by atoms with Crippen LogP contribution in [0, 0.1) is 0 Å². The molecule has 1 fully saturated rings. The molecule has 6 heteroatoms. The lowest BCUT2D eigenvalue weighted by atomic mass is 10.2. The predicted octanol–water partition coefficient (Wildman–Crippen LogP) is 2.96. The number of nitrogens with zero attached hydrogens (tertiary/aromatic N) is 2. The highest BCUT2D eigenvalue weighted by Gasteiger charge is 2.24. The van der Waals surface area contributed by atoms with Crippen LogP contribution in [0.4, 0.5) is 4.79 Å². The Balaban J connectivity index is 1.50. The van der Waals surface area contributed by atoms with Crippen LogP contribution in [0.3, 0.4) is 0 Å². The summed E-state index contributed by atoms with van der Waals surface area (Å²) in [6.07, 6.45) is 10.9. The van der Waals surface area contributed by atoms with Gasteiger partial charge in [-0.25, -0.2) is 9.78 Å². The minimum absolute atomic E-state index is 0.0789. The lowest BCUT2D eigenvalue weighted by Crippen LogP contribution is -2.40. The second-order valence-corrected chi connectivity index (χ2v) is 6.97. The van der Waals surface area contributed by atoms with Crippen LogP contribution < -0.4 is 10.6 Å². The Morgan fingerprint density at radius 1 is 1.43 bits per heavy atom. The molecular formula is C17H22N4OS. The van der Waals surface area contributed by atoms with E-state index in [1.165, 1.54) is 6.42 Å². The van der Waals surface area contributed by atoms with E-state index >= 15 is 0 Å². The first-order chi connectivity index (χ1) is 11.2. The van der Waals surface area contributed by atoms with Gasteiger partial charge in [-0.3, -0.25) is 0 Å². The lowest BCUT2D eigenvalue weighted by molar-refractivity contribution is 0.236. The monoisotopic (exact) mass is 330 g/mol. The summed E-state index contributed by atoms with van der Waals surface area (Å²) in [7, 11) is 0. The van der Waals surface area contributed by atoms with Gasteiger partial charge in [0.2, 0.25) is 0 Å². The summed E-state index contributed by atoms with van der Waals surface area (Å²) in [5.41, 5.74) is 2.11. The van der Waals surface area contributed by atoms with Crippen LogP contribution in [0.25, 0.3) is 5.69 Å². The maximum atomic E-state index is 12.0. The van der Waals surface area contributed by atoms with Crippen LogP contribution in [0.1, 0.15) is 24.8 Å². The third-order valence-electron chi connectivity index (χ3n) is 4.22. The smallest absolute Gasteiger partial charge is 0.315 e. The molecule has 1 heterocycles. The van der Waals surface area contributed by atoms with Gasteiger partial charge in [-0.15, -0.1) is 0 Å². The first-order valence-electron chi connectivity index (χ1n) is 7.89. The van der Waals surface area contributed by atoms with Crippen molar-refractivity contribution in [3.05, 3.63) is 48.5 Å². The first-order valence-corrected chi connectivity index (χ1v) is 9.18. The molecule has 122 valence electrons. The second-order valence-electron chi connectivity index (χ2n) is 5.83. The van der Waals surface area contributed by atoms with Crippen molar-refractivity contribution in [3.8, 4) is 5.69 Å². The summed E-state index contributed by atoms with van der Waals surface area (Å²) < 4.78 is 1.95. The molecule has 2 aromatic rings. The van der Waals surface area contributed by atoms with Crippen LogP contribution in [-0.2, 0) is 6.54 Å². The zero-order chi connectivity index (χ0) is 16.1. The Hall–Kier alpha value is -1.95. The van der Waals surface area contributed by atoms with Gasteiger partial charge in [0.1, 0.15) is 0 Å². The molecule has 0 saturated heterocycles. The number of urea groups is 1. The molecule has 5 nitrogen and oxygen atoms in total. The summed E-state index contributed by atoms with van der Waals surface area (Å²) in [5, 5.41) is 6.71. The van der Waals surface area contributed by atoms with Gasteiger partial charge in [0.15, 0.2) is 0 Å². The van der Waals surface area contributed by atoms with Crippen molar-refractivity contribution < 1.29 is 4.79 Å². The van der Waals surface area contributed by atoms with E-state index in [2.05, 4.69) is 27.9 Å². The van der Waals surface area contributed by atoms with E-state index in [-0.39, 0.29) is 6.03 Å². The molecule has 1 aromatic heterocycles. The first kappa shape index (κ1) is 15.9. The lowest BCUT2D eigenvalue weighted by Gasteiger charge is -2.14. The van der Waals surface area contributed by atoms with Gasteiger partial charge in [-0.1, -0.05) is 12.1 Å². The molecular weight excluding hydrogens is 308 g/mol. The number of carbonyl (C=O) groups is 1. The van der Waals surface area contributed by atoms with Crippen molar-refractivity contribution in [3.63, 3.8) is 0 Å². The number of nitrogens with one attached hydrogen (secondary N) is 2. The Morgan fingerprint density at radius 3 is 3.09 bits per heavy atom. The molecule has 1 saturated carbocycles. The van der Waals surface area contributed by atoms with E-state index in [0.717, 1.165) is 24.1 Å². The summed E-state index contributed by atoms with van der Waals surface area (Å²) >= 11 is 1.89. The Morgan fingerprint density at radius 2 is 2.35 bits per heavy atom. The quantitative estimate of drug-likeness (QED) is 0.886. The Kier molecular flexibility index (Phi) is 5.23. The molecule has 0 spiro atoms. The molecule has 1 aromatic carbocycles. The average molecular weight is 330 g/mol. The van der Waals surface area contributed by atoms with Gasteiger partial charge < -0.3 is 15.2 Å². The van der Waals surface area contributed by atoms with Crippen molar-refractivity contribution in [2.24, 2.45) is 0 Å². The fourth-order valence-electron chi connectivity index (χ4n) is 2.94. The summed E-state index contributed by atoms with van der Waals surface area (Å²) in [6, 6.07) is 8.31. The molecule has 0 aliphatic heterocycles. The summed E-state index contributed by atoms with van der Waals surface area (Å²) in [5.74, 6) is 0. The van der Waals surface area contributed by atoms with Crippen molar-refractivity contribution >= 4 is 17.8 Å². The highest BCUT2D eigenvalue weighted by Crippen LogP contribution is 2.27. The van der Waals surface area contributed by atoms with Gasteiger partial charge in [0.05, 0.1) is 6.33 Å². The maximum Gasteiger partial charge on any atom is 0.315 e. The fraction of sp³-hybridized carbons (Fsp3) is 0.412. The van der Waals surface area contributed by atoms with Crippen molar-refractivity contribution in [1.29, 1.82) is 0 Å². The molecule has 23 heavy (non-hydrogen) atoms. The van der Waals surface area contributed by atoms with Crippen molar-refractivity contribution in [1.82, 2.24) is 20.2 Å². The molecule has 1 aliphatic rings. The minimum atomic E-state index is -0.0789. The maximum absolute atomic E-state index is 12.0. The molecule has 0 bridgehead atoms. The number of benzene rings is 1. The van der Waals surface area contributed by atoms with Gasteiger partial charge in [0, 0.05) is 35.9 Å². The fourth-order valence-corrected chi connectivity index (χ4v) is 3.74. The van der Waals surface area contributed by atoms with Crippen LogP contribution in [-0.4, -0.2) is 33.1 Å². The van der Waals surface area contributed by atoms with E-state index in [4.69, 9.17) is 0 Å². The third kappa shape index (κ3) is 4.28. The topological polar surface area (TPSA) is 59.0 Å². The average Bonchev–Trinajstić information content (AvgIpc) is 3.25. The van der Waals surface area contributed by atoms with Gasteiger partial charge in [0.25, 0.3) is 0 Å². The van der Waals surface area contributed by atoms with Crippen LogP contribution >= 0.6 is 11.8 Å². The molecule has 2 atom stereocenters. The zero-order valence-corrected chi connectivity index (χ0v) is 14.1. The normalized spacial score (nSPS) is 20.4. The molecule has 2 unspecified atom stereocenters. The number of aromatic nitrogens is 2. The zero-order valence-electron chi connectivity index (χ0n) is 13.2. The van der Waals surface area contributed by atoms with Crippen LogP contribution in [0.2, 0.25) is 0 Å². The summed E-state index contributed by atoms with van der Waals surface area (Å²) in [6.45, 7) is 0.521. The van der Waals surface area contributed by atoms with Gasteiger partial charge in [-0.05, 0) is 43.2 Å². The number of carbonyl (C=O) groups excluding carboxylic acids is 1. The third-order valence-corrected chi connectivity index (χ3v) is 5.31. The van der Waals surface area contributed by atoms with Crippen LogP contribution in [0.15, 0.2) is 43.0 Å².